The second-order valence-electron chi connectivity index (χ2n) is 3.44. The van der Waals surface area contributed by atoms with Gasteiger partial charge < -0.3 is 15.8 Å². The second kappa shape index (κ2) is 5.61. The predicted octanol–water partition coefficient (Wildman–Crippen LogP) is 2.21. The van der Waals surface area contributed by atoms with Gasteiger partial charge in [0.05, 0.1) is 24.2 Å². The minimum Gasteiger partial charge on any atom is -0.469 e. The maximum atomic E-state index is 10.9. The standard InChI is InChI=1S/C11H15ClN2O2/c1-7-5-9(13)8(12)6-10(7)14-4-3-11(15)16-2/h5-6,14H,3-4,13H2,1-2H3. The summed E-state index contributed by atoms with van der Waals surface area (Å²) in [6.07, 6.45) is 0.317. The van der Waals surface area contributed by atoms with Gasteiger partial charge in [-0.25, -0.2) is 0 Å². The Morgan fingerprint density at radius 1 is 1.56 bits per heavy atom. The fraction of sp³-hybridized carbons (Fsp3) is 0.364. The van der Waals surface area contributed by atoms with E-state index >= 15 is 0 Å². The SMILES string of the molecule is COC(=O)CCNc1cc(Cl)c(N)cc1C. The smallest absolute Gasteiger partial charge is 0.307 e. The summed E-state index contributed by atoms with van der Waals surface area (Å²) in [6.45, 7) is 2.43. The summed E-state index contributed by atoms with van der Waals surface area (Å²) in [5.41, 5.74) is 8.08. The molecule has 0 bridgehead atoms. The number of esters is 1. The second-order valence-corrected chi connectivity index (χ2v) is 3.85. The zero-order chi connectivity index (χ0) is 12.1. The number of nitrogens with one attached hydrogen (secondary N) is 1. The largest absolute Gasteiger partial charge is 0.469 e. The lowest BCUT2D eigenvalue weighted by atomic mass is 10.2. The van der Waals surface area contributed by atoms with Gasteiger partial charge in [-0.15, -0.1) is 0 Å². The Hall–Kier alpha value is -1.42. The Bertz CT molecular complexity index is 394. The third-order valence-electron chi connectivity index (χ3n) is 2.22. The number of nitrogens with two attached hydrogens (primary N) is 1. The molecule has 0 saturated heterocycles. The molecule has 0 aliphatic rings. The maximum absolute atomic E-state index is 10.9. The Kier molecular flexibility index (Phi) is 4.43. The molecule has 0 spiro atoms. The van der Waals surface area contributed by atoms with Gasteiger partial charge in [-0.2, -0.15) is 0 Å². The van der Waals surface area contributed by atoms with Gasteiger partial charge in [-0.05, 0) is 24.6 Å². The van der Waals surface area contributed by atoms with E-state index in [2.05, 4.69) is 10.1 Å². The average molecular weight is 243 g/mol. The lowest BCUT2D eigenvalue weighted by Crippen LogP contribution is -2.10. The van der Waals surface area contributed by atoms with E-state index in [0.29, 0.717) is 23.7 Å². The van der Waals surface area contributed by atoms with E-state index in [1.807, 2.05) is 6.92 Å². The fourth-order valence-electron chi connectivity index (χ4n) is 1.30. The first-order valence-electron chi connectivity index (χ1n) is 4.91. The molecule has 1 rings (SSSR count). The normalized spacial score (nSPS) is 9.94. The molecule has 0 aliphatic carbocycles. The minimum absolute atomic E-state index is 0.244. The zero-order valence-electron chi connectivity index (χ0n) is 9.34. The molecule has 0 unspecified atom stereocenters. The van der Waals surface area contributed by atoms with Gasteiger partial charge in [0.1, 0.15) is 0 Å². The van der Waals surface area contributed by atoms with Crippen molar-refractivity contribution in [3.8, 4) is 0 Å². The van der Waals surface area contributed by atoms with Gasteiger partial charge in [-0.1, -0.05) is 11.6 Å². The molecule has 0 atom stereocenters. The summed E-state index contributed by atoms with van der Waals surface area (Å²) in [5.74, 6) is -0.244. The average Bonchev–Trinajstić information content (AvgIpc) is 2.25. The predicted molar refractivity (Wildman–Crippen MR) is 65.7 cm³/mol. The van der Waals surface area contributed by atoms with Crippen LogP contribution >= 0.6 is 11.6 Å². The van der Waals surface area contributed by atoms with Crippen LogP contribution < -0.4 is 11.1 Å². The van der Waals surface area contributed by atoms with E-state index in [4.69, 9.17) is 17.3 Å². The van der Waals surface area contributed by atoms with Gasteiger partial charge in [0.2, 0.25) is 0 Å². The van der Waals surface area contributed by atoms with E-state index < -0.39 is 0 Å². The van der Waals surface area contributed by atoms with Crippen molar-refractivity contribution in [2.45, 2.75) is 13.3 Å². The number of halogens is 1. The van der Waals surface area contributed by atoms with E-state index in [-0.39, 0.29) is 5.97 Å². The summed E-state index contributed by atoms with van der Waals surface area (Å²) >= 11 is 5.90. The fourth-order valence-corrected chi connectivity index (χ4v) is 1.46. The molecule has 0 saturated carbocycles. The van der Waals surface area contributed by atoms with Crippen molar-refractivity contribution in [2.75, 3.05) is 24.7 Å². The number of ether oxygens (including phenoxy) is 1. The van der Waals surface area contributed by atoms with Crippen LogP contribution in [0.1, 0.15) is 12.0 Å². The molecule has 88 valence electrons. The van der Waals surface area contributed by atoms with Gasteiger partial charge in [0.25, 0.3) is 0 Å². The van der Waals surface area contributed by atoms with Crippen molar-refractivity contribution in [3.63, 3.8) is 0 Å². The molecule has 0 fully saturated rings. The van der Waals surface area contributed by atoms with Crippen LogP contribution in [0.2, 0.25) is 5.02 Å². The van der Waals surface area contributed by atoms with Crippen LogP contribution in [0.25, 0.3) is 0 Å². The molecule has 3 N–H and O–H groups in total. The minimum atomic E-state index is -0.244. The van der Waals surface area contributed by atoms with E-state index in [0.717, 1.165) is 11.3 Å². The molecule has 1 aromatic carbocycles. The number of carbonyl (C=O) groups excluding carboxylic acids is 1. The van der Waals surface area contributed by atoms with Crippen LogP contribution in [-0.2, 0) is 9.53 Å². The summed E-state index contributed by atoms with van der Waals surface area (Å²) in [7, 11) is 1.37. The van der Waals surface area contributed by atoms with Gasteiger partial charge >= 0.3 is 5.97 Å². The number of anilines is 2. The Labute approximate surface area is 99.7 Å². The van der Waals surface area contributed by atoms with E-state index in [1.54, 1.807) is 12.1 Å². The van der Waals surface area contributed by atoms with Crippen LogP contribution in [0, 0.1) is 6.92 Å². The Morgan fingerprint density at radius 2 is 2.25 bits per heavy atom. The van der Waals surface area contributed by atoms with E-state index in [9.17, 15) is 4.79 Å². The molecular formula is C11H15ClN2O2. The lowest BCUT2D eigenvalue weighted by Gasteiger charge is -2.10. The topological polar surface area (TPSA) is 64.3 Å². The number of hydrogen-bond donors (Lipinski definition) is 2. The molecule has 0 heterocycles. The van der Waals surface area contributed by atoms with Crippen molar-refractivity contribution >= 4 is 28.9 Å². The Balaban J connectivity index is 2.60. The van der Waals surface area contributed by atoms with Crippen LogP contribution in [0.5, 0.6) is 0 Å². The first-order chi connectivity index (χ1) is 7.54. The van der Waals surface area contributed by atoms with Crippen molar-refractivity contribution in [3.05, 3.63) is 22.7 Å². The van der Waals surface area contributed by atoms with Crippen LogP contribution in [0.3, 0.4) is 0 Å². The quantitative estimate of drug-likeness (QED) is 0.628. The molecule has 5 heteroatoms. The highest BCUT2D eigenvalue weighted by Gasteiger charge is 2.04. The first-order valence-corrected chi connectivity index (χ1v) is 5.28. The number of hydrogen-bond acceptors (Lipinski definition) is 4. The Morgan fingerprint density at radius 3 is 2.88 bits per heavy atom. The molecule has 1 aromatic rings. The lowest BCUT2D eigenvalue weighted by molar-refractivity contribution is -0.140. The van der Waals surface area contributed by atoms with Crippen molar-refractivity contribution < 1.29 is 9.53 Å². The van der Waals surface area contributed by atoms with Crippen molar-refractivity contribution in [1.29, 1.82) is 0 Å². The number of nitrogen functional groups attached to an aromatic ring is 1. The molecule has 0 aliphatic heterocycles. The highest BCUT2D eigenvalue weighted by Crippen LogP contribution is 2.26. The molecule has 0 aromatic heterocycles. The zero-order valence-corrected chi connectivity index (χ0v) is 10.1. The third kappa shape index (κ3) is 3.31. The summed E-state index contributed by atoms with van der Waals surface area (Å²) in [5, 5.41) is 3.61. The molecule has 16 heavy (non-hydrogen) atoms. The van der Waals surface area contributed by atoms with Gasteiger partial charge in [0, 0.05) is 12.2 Å². The third-order valence-corrected chi connectivity index (χ3v) is 2.54. The molecule has 4 nitrogen and oxygen atoms in total. The number of methoxy groups -OCH3 is 1. The monoisotopic (exact) mass is 242 g/mol. The first kappa shape index (κ1) is 12.6. The summed E-state index contributed by atoms with van der Waals surface area (Å²) in [6, 6.07) is 3.55. The molecule has 0 radical (unpaired) electrons. The maximum Gasteiger partial charge on any atom is 0.307 e. The molecular weight excluding hydrogens is 228 g/mol. The highest BCUT2D eigenvalue weighted by atomic mass is 35.5. The molecule has 0 amide bonds. The number of rotatable bonds is 4. The number of carbonyl (C=O) groups is 1. The van der Waals surface area contributed by atoms with Gasteiger partial charge in [0.15, 0.2) is 0 Å². The highest BCUT2D eigenvalue weighted by molar-refractivity contribution is 6.33. The van der Waals surface area contributed by atoms with Crippen LogP contribution in [0.15, 0.2) is 12.1 Å². The van der Waals surface area contributed by atoms with Crippen molar-refractivity contribution in [2.24, 2.45) is 0 Å². The number of benzene rings is 1. The summed E-state index contributed by atoms with van der Waals surface area (Å²) in [4.78, 5) is 10.9. The van der Waals surface area contributed by atoms with Gasteiger partial charge in [-0.3, -0.25) is 4.79 Å². The van der Waals surface area contributed by atoms with Crippen LogP contribution in [-0.4, -0.2) is 19.6 Å². The van der Waals surface area contributed by atoms with Crippen molar-refractivity contribution in [1.82, 2.24) is 0 Å². The number of aryl methyl sites for hydroxylation is 1. The van der Waals surface area contributed by atoms with Crippen LogP contribution in [0.4, 0.5) is 11.4 Å². The summed E-state index contributed by atoms with van der Waals surface area (Å²) < 4.78 is 4.54. The van der Waals surface area contributed by atoms with E-state index in [1.165, 1.54) is 7.11 Å².